The number of aliphatic hydroxyl groups is 1. The minimum absolute atomic E-state index is 0.147. The molecule has 3 unspecified atom stereocenters. The minimum Gasteiger partial charge on any atom is -0.469 e. The van der Waals surface area contributed by atoms with Crippen molar-refractivity contribution in [2.24, 2.45) is 0 Å². The van der Waals surface area contributed by atoms with E-state index in [0.29, 0.717) is 12.1 Å². The largest absolute Gasteiger partial charge is 0.469 e. The fourth-order valence-electron chi connectivity index (χ4n) is 2.40. The van der Waals surface area contributed by atoms with Gasteiger partial charge in [0.05, 0.1) is 12.4 Å². The van der Waals surface area contributed by atoms with Crippen LogP contribution in [0, 0.1) is 0 Å². The van der Waals surface area contributed by atoms with Crippen molar-refractivity contribution in [1.82, 2.24) is 5.32 Å². The molecule has 0 aromatic carbocycles. The molecule has 0 radical (unpaired) electrons. The van der Waals surface area contributed by atoms with Gasteiger partial charge in [-0.1, -0.05) is 0 Å². The summed E-state index contributed by atoms with van der Waals surface area (Å²) in [6.07, 6.45) is 6.78. The zero-order chi connectivity index (χ0) is 11.4. The second-order valence-electron chi connectivity index (χ2n) is 4.79. The van der Waals surface area contributed by atoms with Crippen molar-refractivity contribution in [2.45, 2.75) is 57.2 Å². The predicted molar refractivity (Wildman–Crippen MR) is 63.3 cm³/mol. The van der Waals surface area contributed by atoms with E-state index in [1.807, 2.05) is 12.1 Å². The molecule has 90 valence electrons. The normalized spacial score (nSPS) is 27.1. The fraction of sp³-hybridized carbons (Fsp3) is 0.692. The Kier molecular flexibility index (Phi) is 4.02. The van der Waals surface area contributed by atoms with Gasteiger partial charge in [-0.25, -0.2) is 0 Å². The van der Waals surface area contributed by atoms with E-state index in [-0.39, 0.29) is 6.10 Å². The second kappa shape index (κ2) is 5.51. The van der Waals surface area contributed by atoms with Crippen LogP contribution in [0.4, 0.5) is 0 Å². The van der Waals surface area contributed by atoms with Crippen molar-refractivity contribution in [3.8, 4) is 0 Å². The highest BCUT2D eigenvalue weighted by Gasteiger charge is 2.25. The summed E-state index contributed by atoms with van der Waals surface area (Å²) < 4.78 is 5.30. The fourth-order valence-corrected chi connectivity index (χ4v) is 2.40. The summed E-state index contributed by atoms with van der Waals surface area (Å²) in [6, 6.07) is 4.67. The molecular formula is C13H21NO2. The van der Waals surface area contributed by atoms with Gasteiger partial charge in [0.15, 0.2) is 0 Å². The van der Waals surface area contributed by atoms with Crippen molar-refractivity contribution >= 4 is 0 Å². The summed E-state index contributed by atoms with van der Waals surface area (Å²) in [5, 5.41) is 13.2. The highest BCUT2D eigenvalue weighted by molar-refractivity contribution is 4.98. The van der Waals surface area contributed by atoms with Crippen molar-refractivity contribution in [1.29, 1.82) is 0 Å². The van der Waals surface area contributed by atoms with Crippen LogP contribution in [0.25, 0.3) is 0 Å². The molecule has 3 nitrogen and oxygen atoms in total. The Morgan fingerprint density at radius 3 is 3.06 bits per heavy atom. The maximum Gasteiger partial charge on any atom is 0.103 e. The highest BCUT2D eigenvalue weighted by atomic mass is 16.3. The first-order valence-electron chi connectivity index (χ1n) is 6.22. The smallest absolute Gasteiger partial charge is 0.103 e. The van der Waals surface area contributed by atoms with E-state index in [9.17, 15) is 5.11 Å². The SMILES string of the molecule is CC(CCc1ccco1)NC1CCCC1O. The van der Waals surface area contributed by atoms with Crippen LogP contribution in [0.3, 0.4) is 0 Å². The standard InChI is InChI=1S/C13H21NO2/c1-10(7-8-11-4-3-9-16-11)14-12-5-2-6-13(12)15/h3-4,9-10,12-15H,2,5-8H2,1H3. The zero-order valence-electron chi connectivity index (χ0n) is 9.86. The van der Waals surface area contributed by atoms with Crippen LogP contribution in [0.15, 0.2) is 22.8 Å². The molecule has 1 aromatic heterocycles. The van der Waals surface area contributed by atoms with E-state index >= 15 is 0 Å². The van der Waals surface area contributed by atoms with E-state index in [1.54, 1.807) is 6.26 Å². The number of aryl methyl sites for hydroxylation is 1. The summed E-state index contributed by atoms with van der Waals surface area (Å²) in [5.41, 5.74) is 0. The van der Waals surface area contributed by atoms with Gasteiger partial charge in [0.1, 0.15) is 5.76 Å². The van der Waals surface area contributed by atoms with Crippen LogP contribution in [0.2, 0.25) is 0 Å². The van der Waals surface area contributed by atoms with Crippen molar-refractivity contribution in [3.05, 3.63) is 24.2 Å². The third-order valence-corrected chi connectivity index (χ3v) is 3.38. The van der Waals surface area contributed by atoms with Gasteiger partial charge >= 0.3 is 0 Å². The zero-order valence-corrected chi connectivity index (χ0v) is 9.86. The molecule has 3 heteroatoms. The number of nitrogens with one attached hydrogen (secondary N) is 1. The van der Waals surface area contributed by atoms with Crippen LogP contribution >= 0.6 is 0 Å². The topological polar surface area (TPSA) is 45.4 Å². The lowest BCUT2D eigenvalue weighted by Gasteiger charge is -2.21. The van der Waals surface area contributed by atoms with Crippen LogP contribution in [0.1, 0.15) is 38.4 Å². The van der Waals surface area contributed by atoms with Gasteiger partial charge in [-0.15, -0.1) is 0 Å². The molecule has 0 spiro atoms. The number of hydrogen-bond donors (Lipinski definition) is 2. The van der Waals surface area contributed by atoms with E-state index in [1.165, 1.54) is 0 Å². The van der Waals surface area contributed by atoms with Gasteiger partial charge in [-0.3, -0.25) is 0 Å². The third kappa shape index (κ3) is 3.09. The third-order valence-electron chi connectivity index (χ3n) is 3.38. The number of rotatable bonds is 5. The summed E-state index contributed by atoms with van der Waals surface area (Å²) in [5.74, 6) is 1.04. The molecule has 1 saturated carbocycles. The average molecular weight is 223 g/mol. The average Bonchev–Trinajstić information content (AvgIpc) is 2.88. The number of furan rings is 1. The lowest BCUT2D eigenvalue weighted by molar-refractivity contribution is 0.143. The van der Waals surface area contributed by atoms with Crippen LogP contribution in [-0.2, 0) is 6.42 Å². The molecule has 2 N–H and O–H groups in total. The van der Waals surface area contributed by atoms with Gasteiger partial charge in [0.25, 0.3) is 0 Å². The van der Waals surface area contributed by atoms with Crippen LogP contribution in [0.5, 0.6) is 0 Å². The number of hydrogen-bond acceptors (Lipinski definition) is 3. The summed E-state index contributed by atoms with van der Waals surface area (Å²) >= 11 is 0. The molecule has 1 aliphatic rings. The van der Waals surface area contributed by atoms with Crippen LogP contribution in [-0.4, -0.2) is 23.3 Å². The van der Waals surface area contributed by atoms with E-state index in [0.717, 1.165) is 37.9 Å². The molecule has 0 bridgehead atoms. The maximum atomic E-state index is 9.71. The highest BCUT2D eigenvalue weighted by Crippen LogP contribution is 2.19. The Morgan fingerprint density at radius 1 is 1.56 bits per heavy atom. The van der Waals surface area contributed by atoms with Gasteiger partial charge in [-0.2, -0.15) is 0 Å². The Balaban J connectivity index is 1.70. The molecule has 0 aliphatic heterocycles. The molecule has 0 amide bonds. The maximum absolute atomic E-state index is 9.71. The van der Waals surface area contributed by atoms with Gasteiger partial charge < -0.3 is 14.8 Å². The first-order chi connectivity index (χ1) is 7.75. The first-order valence-corrected chi connectivity index (χ1v) is 6.22. The second-order valence-corrected chi connectivity index (χ2v) is 4.79. The Labute approximate surface area is 96.8 Å². The lowest BCUT2D eigenvalue weighted by atomic mass is 10.1. The molecule has 1 aromatic rings. The monoisotopic (exact) mass is 223 g/mol. The minimum atomic E-state index is -0.147. The molecule has 1 heterocycles. The molecule has 3 atom stereocenters. The van der Waals surface area contributed by atoms with E-state index < -0.39 is 0 Å². The Morgan fingerprint density at radius 2 is 2.44 bits per heavy atom. The Hall–Kier alpha value is -0.800. The quantitative estimate of drug-likeness (QED) is 0.803. The van der Waals surface area contributed by atoms with Crippen molar-refractivity contribution in [3.63, 3.8) is 0 Å². The summed E-state index contributed by atoms with van der Waals surface area (Å²) in [4.78, 5) is 0. The summed E-state index contributed by atoms with van der Waals surface area (Å²) in [6.45, 7) is 2.17. The van der Waals surface area contributed by atoms with E-state index in [4.69, 9.17) is 4.42 Å². The molecule has 0 saturated heterocycles. The molecular weight excluding hydrogens is 202 g/mol. The first kappa shape index (κ1) is 11.7. The lowest BCUT2D eigenvalue weighted by Crippen LogP contribution is -2.41. The molecule has 1 aliphatic carbocycles. The van der Waals surface area contributed by atoms with Gasteiger partial charge in [0.2, 0.25) is 0 Å². The van der Waals surface area contributed by atoms with Crippen molar-refractivity contribution < 1.29 is 9.52 Å². The summed E-state index contributed by atoms with van der Waals surface area (Å²) in [7, 11) is 0. The predicted octanol–water partition coefficient (Wildman–Crippen LogP) is 2.10. The van der Waals surface area contributed by atoms with Gasteiger partial charge in [-0.05, 0) is 44.7 Å². The van der Waals surface area contributed by atoms with E-state index in [2.05, 4.69) is 12.2 Å². The molecule has 16 heavy (non-hydrogen) atoms. The van der Waals surface area contributed by atoms with Gasteiger partial charge in [0, 0.05) is 18.5 Å². The van der Waals surface area contributed by atoms with Crippen molar-refractivity contribution in [2.75, 3.05) is 0 Å². The molecule has 2 rings (SSSR count). The molecule has 1 fully saturated rings. The Bertz CT molecular complexity index is 297. The van der Waals surface area contributed by atoms with Crippen LogP contribution < -0.4 is 5.32 Å². The number of aliphatic hydroxyl groups excluding tert-OH is 1.